The van der Waals surface area contributed by atoms with Crippen LogP contribution in [0.15, 0.2) is 0 Å². The van der Waals surface area contributed by atoms with Crippen LogP contribution < -0.4 is 5.32 Å². The van der Waals surface area contributed by atoms with E-state index in [0.29, 0.717) is 19.1 Å². The molecular weight excluding hydrogens is 209 g/mol. The molecular formula is C9H17F3N2O. The monoisotopic (exact) mass is 226 g/mol. The van der Waals surface area contributed by atoms with Crippen LogP contribution in [0.2, 0.25) is 0 Å². The fourth-order valence-electron chi connectivity index (χ4n) is 1.75. The number of hydrogen-bond acceptors (Lipinski definition) is 3. The number of aliphatic hydroxyl groups excluding tert-OH is 1. The second-order valence-electron chi connectivity index (χ2n) is 3.92. The van der Waals surface area contributed by atoms with Crippen LogP contribution >= 0.6 is 0 Å². The largest absolute Gasteiger partial charge is 0.415 e. The molecule has 1 aliphatic rings. The zero-order valence-corrected chi connectivity index (χ0v) is 8.72. The third-order valence-corrected chi connectivity index (χ3v) is 2.80. The minimum atomic E-state index is -4.50. The van der Waals surface area contributed by atoms with Gasteiger partial charge in [0.2, 0.25) is 0 Å². The van der Waals surface area contributed by atoms with Crippen molar-refractivity contribution < 1.29 is 18.3 Å². The Hall–Kier alpha value is -0.330. The van der Waals surface area contributed by atoms with Gasteiger partial charge in [-0.1, -0.05) is 0 Å². The van der Waals surface area contributed by atoms with Crippen LogP contribution in [0.4, 0.5) is 13.2 Å². The normalized spacial score (nSPS) is 23.0. The molecule has 0 spiro atoms. The second-order valence-corrected chi connectivity index (χ2v) is 3.92. The molecule has 90 valence electrons. The van der Waals surface area contributed by atoms with Gasteiger partial charge in [-0.3, -0.25) is 0 Å². The van der Waals surface area contributed by atoms with E-state index in [1.807, 2.05) is 7.05 Å². The molecule has 0 aromatic rings. The van der Waals surface area contributed by atoms with Crippen LogP contribution in [0.1, 0.15) is 12.8 Å². The Labute approximate surface area is 87.3 Å². The molecule has 15 heavy (non-hydrogen) atoms. The molecule has 0 saturated carbocycles. The zero-order chi connectivity index (χ0) is 11.5. The molecule has 0 aromatic heterocycles. The van der Waals surface area contributed by atoms with Crippen LogP contribution in [0.5, 0.6) is 0 Å². The summed E-state index contributed by atoms with van der Waals surface area (Å²) in [6.45, 7) is 0.914. The molecule has 0 aliphatic carbocycles. The summed E-state index contributed by atoms with van der Waals surface area (Å²) < 4.78 is 36.2. The van der Waals surface area contributed by atoms with Crippen molar-refractivity contribution in [3.05, 3.63) is 0 Å². The van der Waals surface area contributed by atoms with Gasteiger partial charge >= 0.3 is 6.18 Å². The van der Waals surface area contributed by atoms with Crippen molar-refractivity contribution in [2.75, 3.05) is 26.7 Å². The Morgan fingerprint density at radius 3 is 2.33 bits per heavy atom. The predicted octanol–water partition coefficient (Wildman–Crippen LogP) is 0.593. The lowest BCUT2D eigenvalue weighted by atomic mass is 10.1. The first-order valence-electron chi connectivity index (χ1n) is 5.08. The molecule has 1 fully saturated rings. The number of hydrogen-bond donors (Lipinski definition) is 2. The Bertz CT molecular complexity index is 190. The molecule has 0 bridgehead atoms. The van der Waals surface area contributed by atoms with Gasteiger partial charge in [0.25, 0.3) is 0 Å². The van der Waals surface area contributed by atoms with E-state index in [1.165, 1.54) is 0 Å². The Morgan fingerprint density at radius 1 is 1.40 bits per heavy atom. The number of nitrogens with zero attached hydrogens (tertiary/aromatic N) is 1. The van der Waals surface area contributed by atoms with E-state index in [9.17, 15) is 13.2 Å². The molecule has 2 N–H and O–H groups in total. The highest BCUT2D eigenvalue weighted by Crippen LogP contribution is 2.21. The van der Waals surface area contributed by atoms with Crippen LogP contribution in [0.3, 0.4) is 0 Å². The second kappa shape index (κ2) is 5.14. The Balaban J connectivity index is 2.29. The van der Waals surface area contributed by atoms with Crippen molar-refractivity contribution in [2.45, 2.75) is 31.2 Å². The third-order valence-electron chi connectivity index (χ3n) is 2.80. The third kappa shape index (κ3) is 3.96. The molecule has 6 heteroatoms. The highest BCUT2D eigenvalue weighted by Gasteiger charge is 2.39. The molecule has 1 saturated heterocycles. The number of piperidine rings is 1. The number of likely N-dealkylation sites (tertiary alicyclic amines) is 1. The number of halogens is 3. The van der Waals surface area contributed by atoms with Crippen molar-refractivity contribution in [1.82, 2.24) is 10.2 Å². The average molecular weight is 226 g/mol. The van der Waals surface area contributed by atoms with Gasteiger partial charge in [0, 0.05) is 12.6 Å². The van der Waals surface area contributed by atoms with Gasteiger partial charge in [0.05, 0.1) is 0 Å². The van der Waals surface area contributed by atoms with E-state index in [0.717, 1.165) is 12.8 Å². The van der Waals surface area contributed by atoms with Gasteiger partial charge in [-0.15, -0.1) is 0 Å². The molecule has 1 rings (SSSR count). The molecule has 0 amide bonds. The van der Waals surface area contributed by atoms with Crippen LogP contribution in [0.25, 0.3) is 0 Å². The average Bonchev–Trinajstić information content (AvgIpc) is 2.17. The molecule has 0 radical (unpaired) electrons. The highest BCUT2D eigenvalue weighted by molar-refractivity contribution is 4.79. The van der Waals surface area contributed by atoms with Crippen LogP contribution in [-0.4, -0.2) is 55.0 Å². The number of β-amino-alcohol motifs (C(OH)–C–C–N with tert-alkyl or cyclic N) is 1. The maximum atomic E-state index is 12.1. The summed E-state index contributed by atoms with van der Waals surface area (Å²) in [6, 6.07) is 0.393. The van der Waals surface area contributed by atoms with Crippen LogP contribution in [0, 0.1) is 0 Å². The maximum Gasteiger partial charge on any atom is 0.415 e. The Kier molecular flexibility index (Phi) is 4.36. The molecule has 1 aliphatic heterocycles. The number of aliphatic hydroxyl groups is 1. The van der Waals surface area contributed by atoms with Gasteiger partial charge in [-0.2, -0.15) is 13.2 Å². The van der Waals surface area contributed by atoms with Crippen molar-refractivity contribution in [3.63, 3.8) is 0 Å². The first kappa shape index (κ1) is 12.7. The molecule has 1 heterocycles. The lowest BCUT2D eigenvalue weighted by molar-refractivity contribution is -0.208. The zero-order valence-electron chi connectivity index (χ0n) is 8.72. The summed E-state index contributed by atoms with van der Waals surface area (Å²) >= 11 is 0. The lowest BCUT2D eigenvalue weighted by Gasteiger charge is -2.33. The van der Waals surface area contributed by atoms with Gasteiger partial charge < -0.3 is 15.3 Å². The number of alkyl halides is 3. The standard InChI is InChI=1S/C9H17F3N2O/c1-13-7-2-4-14(5-3-7)6-8(15)9(10,11)12/h7-8,13,15H,2-6H2,1H3. The van der Waals surface area contributed by atoms with Gasteiger partial charge in [0.1, 0.15) is 0 Å². The summed E-state index contributed by atoms with van der Waals surface area (Å²) in [5.74, 6) is 0. The van der Waals surface area contributed by atoms with Crippen molar-refractivity contribution >= 4 is 0 Å². The summed E-state index contributed by atoms with van der Waals surface area (Å²) in [5, 5.41) is 12.0. The van der Waals surface area contributed by atoms with E-state index in [4.69, 9.17) is 5.11 Å². The first-order valence-corrected chi connectivity index (χ1v) is 5.08. The minimum absolute atomic E-state index is 0.306. The van der Waals surface area contributed by atoms with E-state index < -0.39 is 12.3 Å². The topological polar surface area (TPSA) is 35.5 Å². The number of rotatable bonds is 3. The van der Waals surface area contributed by atoms with Crippen molar-refractivity contribution in [1.29, 1.82) is 0 Å². The van der Waals surface area contributed by atoms with E-state index >= 15 is 0 Å². The minimum Gasteiger partial charge on any atom is -0.382 e. The summed E-state index contributed by atoms with van der Waals surface area (Å²) in [6.07, 6.45) is -5.05. The molecule has 1 atom stereocenters. The van der Waals surface area contributed by atoms with E-state index in [1.54, 1.807) is 4.90 Å². The summed E-state index contributed by atoms with van der Waals surface area (Å²) in [5.41, 5.74) is 0. The Morgan fingerprint density at radius 2 is 1.93 bits per heavy atom. The van der Waals surface area contributed by atoms with Gasteiger partial charge in [-0.25, -0.2) is 0 Å². The fraction of sp³-hybridized carbons (Fsp3) is 1.00. The highest BCUT2D eigenvalue weighted by atomic mass is 19.4. The summed E-state index contributed by atoms with van der Waals surface area (Å²) in [7, 11) is 1.85. The summed E-state index contributed by atoms with van der Waals surface area (Å²) in [4.78, 5) is 1.66. The molecule has 0 aromatic carbocycles. The van der Waals surface area contributed by atoms with Crippen molar-refractivity contribution in [3.8, 4) is 0 Å². The molecule has 1 unspecified atom stereocenters. The smallest absolute Gasteiger partial charge is 0.382 e. The molecule has 3 nitrogen and oxygen atoms in total. The maximum absolute atomic E-state index is 12.1. The predicted molar refractivity (Wildman–Crippen MR) is 50.6 cm³/mol. The van der Waals surface area contributed by atoms with Gasteiger partial charge in [-0.05, 0) is 33.0 Å². The first-order chi connectivity index (χ1) is 6.93. The van der Waals surface area contributed by atoms with Crippen molar-refractivity contribution in [2.24, 2.45) is 0 Å². The van der Waals surface area contributed by atoms with Gasteiger partial charge in [0.15, 0.2) is 6.10 Å². The van der Waals surface area contributed by atoms with E-state index in [-0.39, 0.29) is 6.54 Å². The fourth-order valence-corrected chi connectivity index (χ4v) is 1.75. The van der Waals surface area contributed by atoms with E-state index in [2.05, 4.69) is 5.32 Å². The SMILES string of the molecule is CNC1CCN(CC(O)C(F)(F)F)CC1. The number of nitrogens with one attached hydrogen (secondary N) is 1. The van der Waals surface area contributed by atoms with Crippen LogP contribution in [-0.2, 0) is 0 Å². The lowest BCUT2D eigenvalue weighted by Crippen LogP contribution is -2.47. The quantitative estimate of drug-likeness (QED) is 0.739.